The highest BCUT2D eigenvalue weighted by molar-refractivity contribution is 7.99. The van der Waals surface area contributed by atoms with Crippen molar-refractivity contribution < 1.29 is 14.3 Å². The molecule has 2 aromatic rings. The third-order valence-electron chi connectivity index (χ3n) is 8.30. The zero-order valence-corrected chi connectivity index (χ0v) is 23.7. The third kappa shape index (κ3) is 6.20. The van der Waals surface area contributed by atoms with E-state index in [0.717, 1.165) is 66.2 Å². The van der Waals surface area contributed by atoms with E-state index >= 15 is 0 Å². The monoisotopic (exact) mass is 561 g/mol. The quantitative estimate of drug-likeness (QED) is 0.244. The van der Waals surface area contributed by atoms with Crippen molar-refractivity contribution in [1.82, 2.24) is 0 Å². The van der Waals surface area contributed by atoms with Crippen molar-refractivity contribution in [1.29, 1.82) is 0 Å². The van der Waals surface area contributed by atoms with Gasteiger partial charge in [-0.15, -0.1) is 11.8 Å². The highest BCUT2D eigenvalue weighted by Crippen LogP contribution is 2.55. The molecule has 3 aliphatic rings. The second-order valence-electron chi connectivity index (χ2n) is 10.7. The zero-order valence-electron chi connectivity index (χ0n) is 21.4. The van der Waals surface area contributed by atoms with Crippen LogP contribution in [-0.2, 0) is 10.3 Å². The van der Waals surface area contributed by atoms with Gasteiger partial charge in [0.15, 0.2) is 0 Å². The van der Waals surface area contributed by atoms with Gasteiger partial charge in [-0.05, 0) is 80.7 Å². The second kappa shape index (κ2) is 12.5. The molecule has 200 valence electrons. The maximum absolute atomic E-state index is 12.8. The Morgan fingerprint density at radius 1 is 0.892 bits per heavy atom. The molecule has 7 heteroatoms. The second-order valence-corrected chi connectivity index (χ2v) is 12.6. The van der Waals surface area contributed by atoms with Gasteiger partial charge in [0.2, 0.25) is 0 Å². The molecular formula is C30H37Cl2NO3S. The summed E-state index contributed by atoms with van der Waals surface area (Å²) in [6.07, 6.45) is 13.7. The number of ether oxygens (including phenoxy) is 2. The molecule has 0 atom stereocenters. The summed E-state index contributed by atoms with van der Waals surface area (Å²) >= 11 is 13.9. The Balaban J connectivity index is 1.26. The maximum atomic E-state index is 12.8. The fourth-order valence-electron chi connectivity index (χ4n) is 6.54. The highest BCUT2D eigenvalue weighted by atomic mass is 35.5. The van der Waals surface area contributed by atoms with Crippen molar-refractivity contribution in [2.45, 2.75) is 87.5 Å². The molecule has 0 aromatic heterocycles. The van der Waals surface area contributed by atoms with Crippen LogP contribution in [0.1, 0.15) is 82.6 Å². The number of unbranched alkanes of at least 4 members (excludes halogenated alkanes) is 1. The van der Waals surface area contributed by atoms with Crippen molar-refractivity contribution in [3.63, 3.8) is 0 Å². The summed E-state index contributed by atoms with van der Waals surface area (Å²) in [7, 11) is 0. The van der Waals surface area contributed by atoms with Gasteiger partial charge in [-0.25, -0.2) is 4.79 Å². The minimum atomic E-state index is -0.533. The number of carbonyl (C=O) groups is 1. The first-order valence-corrected chi connectivity index (χ1v) is 15.7. The number of amides is 1. The van der Waals surface area contributed by atoms with Crippen LogP contribution in [0.2, 0.25) is 10.0 Å². The lowest BCUT2D eigenvalue weighted by Gasteiger charge is -2.50. The van der Waals surface area contributed by atoms with Crippen LogP contribution in [-0.4, -0.2) is 18.5 Å². The van der Waals surface area contributed by atoms with Gasteiger partial charge in [0.1, 0.15) is 11.4 Å². The largest absolute Gasteiger partial charge is 0.494 e. The van der Waals surface area contributed by atoms with Gasteiger partial charge in [0, 0.05) is 22.3 Å². The van der Waals surface area contributed by atoms with E-state index < -0.39 is 5.60 Å². The van der Waals surface area contributed by atoms with Crippen molar-refractivity contribution in [2.75, 3.05) is 17.7 Å². The van der Waals surface area contributed by atoms with Gasteiger partial charge < -0.3 is 9.47 Å². The Labute approximate surface area is 235 Å². The number of benzene rings is 2. The minimum Gasteiger partial charge on any atom is -0.494 e. The van der Waals surface area contributed by atoms with Gasteiger partial charge in [0.05, 0.1) is 22.3 Å². The van der Waals surface area contributed by atoms with Crippen LogP contribution in [0.25, 0.3) is 0 Å². The number of hydrogen-bond acceptors (Lipinski definition) is 4. The average Bonchev–Trinajstić information content (AvgIpc) is 2.93. The van der Waals surface area contributed by atoms with E-state index in [1.807, 2.05) is 30.3 Å². The third-order valence-corrected chi connectivity index (χ3v) is 10.1. The van der Waals surface area contributed by atoms with Crippen LogP contribution in [0.3, 0.4) is 0 Å². The molecule has 0 bridgehead atoms. The first-order chi connectivity index (χ1) is 18.1. The number of fused-ring (bicyclic) bond motifs is 1. The molecule has 5 rings (SSSR count). The summed E-state index contributed by atoms with van der Waals surface area (Å²) < 4.78 is 12.7. The predicted octanol–water partition coefficient (Wildman–Crippen LogP) is 9.86. The number of anilines is 1. The number of rotatable bonds is 9. The van der Waals surface area contributed by atoms with Crippen LogP contribution in [0.5, 0.6) is 5.75 Å². The van der Waals surface area contributed by atoms with Crippen LogP contribution in [0, 0.1) is 11.8 Å². The summed E-state index contributed by atoms with van der Waals surface area (Å²) in [4.78, 5) is 14.0. The van der Waals surface area contributed by atoms with E-state index in [4.69, 9.17) is 32.7 Å². The Hall–Kier alpha value is -1.56. The number of nitrogens with one attached hydrogen (secondary N) is 1. The summed E-state index contributed by atoms with van der Waals surface area (Å²) in [5.41, 5.74) is 1.50. The molecule has 1 amide bonds. The molecule has 0 spiro atoms. The first-order valence-electron chi connectivity index (χ1n) is 13.9. The molecule has 0 radical (unpaired) electrons. The van der Waals surface area contributed by atoms with Gasteiger partial charge >= 0.3 is 6.09 Å². The molecule has 2 saturated carbocycles. The summed E-state index contributed by atoms with van der Waals surface area (Å²) in [6.45, 7) is 0.661. The fourth-order valence-corrected chi connectivity index (χ4v) is 7.86. The van der Waals surface area contributed by atoms with Crippen molar-refractivity contribution >= 4 is 46.7 Å². The normalized spacial score (nSPS) is 20.1. The fraction of sp³-hybridized carbons (Fsp3) is 0.567. The van der Waals surface area contributed by atoms with E-state index in [1.165, 1.54) is 38.5 Å². The number of halogens is 2. The van der Waals surface area contributed by atoms with Gasteiger partial charge in [-0.3, -0.25) is 5.32 Å². The maximum Gasteiger partial charge on any atom is 0.412 e. The van der Waals surface area contributed by atoms with Gasteiger partial charge in [-0.2, -0.15) is 0 Å². The predicted molar refractivity (Wildman–Crippen MR) is 153 cm³/mol. The number of hydrogen-bond donors (Lipinski definition) is 1. The lowest BCUT2D eigenvalue weighted by Crippen LogP contribution is -2.51. The molecule has 1 N–H and O–H groups in total. The zero-order chi connectivity index (χ0) is 25.7. The highest BCUT2D eigenvalue weighted by Gasteiger charge is 2.53. The number of carbonyl (C=O) groups excluding carboxylic acids is 1. The molecule has 1 aliphatic heterocycles. The molecule has 0 saturated heterocycles. The van der Waals surface area contributed by atoms with Crippen LogP contribution < -0.4 is 10.1 Å². The SMILES string of the molecule is O=C1Nc2ccc(OCCCCSc3ccc(Cl)c(Cl)c3)cc2C(C2CCCCC2)(C2CCCCC2)O1. The van der Waals surface area contributed by atoms with Gasteiger partial charge in [-0.1, -0.05) is 61.7 Å². The molecule has 37 heavy (non-hydrogen) atoms. The number of cyclic esters (lactones) is 1. The summed E-state index contributed by atoms with van der Waals surface area (Å²) in [5.74, 6) is 2.62. The smallest absolute Gasteiger partial charge is 0.412 e. The Morgan fingerprint density at radius 2 is 1.59 bits per heavy atom. The van der Waals surface area contributed by atoms with E-state index in [1.54, 1.807) is 11.8 Å². The topological polar surface area (TPSA) is 47.6 Å². The van der Waals surface area contributed by atoms with Crippen LogP contribution in [0.4, 0.5) is 10.5 Å². The molecule has 2 aliphatic carbocycles. The molecule has 1 heterocycles. The molecule has 4 nitrogen and oxygen atoms in total. The van der Waals surface area contributed by atoms with E-state index in [2.05, 4.69) is 11.4 Å². The van der Waals surface area contributed by atoms with Crippen molar-refractivity contribution in [3.05, 3.63) is 52.0 Å². The molecule has 0 unspecified atom stereocenters. The van der Waals surface area contributed by atoms with Crippen molar-refractivity contribution in [3.8, 4) is 5.75 Å². The first kappa shape index (κ1) is 27.0. The Kier molecular flexibility index (Phi) is 9.15. The van der Waals surface area contributed by atoms with E-state index in [9.17, 15) is 4.79 Å². The lowest BCUT2D eigenvalue weighted by molar-refractivity contribution is -0.104. The standard InChI is InChI=1S/C30H37Cl2NO3S/c31-26-15-14-24(20-27(26)32)37-18-8-7-17-35-23-13-16-28-25(19-23)30(36-29(34)33-28,21-9-3-1-4-10-21)22-11-5-2-6-12-22/h13-16,19-22H,1-12,17-18H2,(H,33,34). The number of thioether (sulfide) groups is 1. The average molecular weight is 563 g/mol. The van der Waals surface area contributed by atoms with Crippen molar-refractivity contribution in [2.24, 2.45) is 11.8 Å². The van der Waals surface area contributed by atoms with Gasteiger partial charge in [0.25, 0.3) is 0 Å². The minimum absolute atomic E-state index is 0.295. The lowest BCUT2D eigenvalue weighted by atomic mass is 9.62. The van der Waals surface area contributed by atoms with Crippen LogP contribution >= 0.6 is 35.0 Å². The van der Waals surface area contributed by atoms with E-state index in [0.29, 0.717) is 28.5 Å². The summed E-state index contributed by atoms with van der Waals surface area (Å²) in [5, 5.41) is 4.18. The summed E-state index contributed by atoms with van der Waals surface area (Å²) in [6, 6.07) is 12.0. The molecular weight excluding hydrogens is 525 g/mol. The van der Waals surface area contributed by atoms with Crippen LogP contribution in [0.15, 0.2) is 41.3 Å². The Morgan fingerprint density at radius 3 is 2.27 bits per heavy atom. The van der Waals surface area contributed by atoms with E-state index in [-0.39, 0.29) is 6.09 Å². The molecule has 2 fully saturated rings. The Bertz CT molecular complexity index is 1060. The molecule has 2 aromatic carbocycles.